The van der Waals surface area contributed by atoms with Gasteiger partial charge in [0.2, 0.25) is 0 Å². The molecule has 2 aromatic rings. The standard InChI is InChI=1S/C14H19NO2/c1-10(2)15-8-7-11-9-17-14-12(11)5-4-6-13(14)16-3/h4-6,9-10,15H,7-8H2,1-3H3. The second kappa shape index (κ2) is 5.23. The molecule has 1 aromatic heterocycles. The van der Waals surface area contributed by atoms with Crippen LogP contribution in [0.4, 0.5) is 0 Å². The van der Waals surface area contributed by atoms with E-state index in [0.717, 1.165) is 29.7 Å². The normalized spacial score (nSPS) is 11.3. The smallest absolute Gasteiger partial charge is 0.175 e. The van der Waals surface area contributed by atoms with Crippen molar-refractivity contribution < 1.29 is 9.15 Å². The summed E-state index contributed by atoms with van der Waals surface area (Å²) in [6.45, 7) is 5.26. The molecule has 0 saturated carbocycles. The first-order valence-electron chi connectivity index (χ1n) is 5.99. The first-order chi connectivity index (χ1) is 8.22. The molecule has 0 amide bonds. The van der Waals surface area contributed by atoms with Gasteiger partial charge in [-0.1, -0.05) is 26.0 Å². The molecule has 0 unspecified atom stereocenters. The van der Waals surface area contributed by atoms with Crippen molar-refractivity contribution in [1.29, 1.82) is 0 Å². The summed E-state index contributed by atoms with van der Waals surface area (Å²) in [6.07, 6.45) is 2.80. The van der Waals surface area contributed by atoms with Crippen molar-refractivity contribution in [3.05, 3.63) is 30.0 Å². The summed E-state index contributed by atoms with van der Waals surface area (Å²) in [5.41, 5.74) is 2.07. The van der Waals surface area contributed by atoms with Gasteiger partial charge in [0.15, 0.2) is 11.3 Å². The van der Waals surface area contributed by atoms with E-state index >= 15 is 0 Å². The molecule has 0 aliphatic rings. The predicted molar refractivity (Wildman–Crippen MR) is 69.6 cm³/mol. The van der Waals surface area contributed by atoms with Crippen molar-refractivity contribution in [3.8, 4) is 5.75 Å². The number of hydrogen-bond donors (Lipinski definition) is 1. The lowest BCUT2D eigenvalue weighted by molar-refractivity contribution is 0.410. The number of nitrogens with one attached hydrogen (secondary N) is 1. The lowest BCUT2D eigenvalue weighted by Gasteiger charge is -2.06. The van der Waals surface area contributed by atoms with Crippen LogP contribution in [0.25, 0.3) is 11.0 Å². The highest BCUT2D eigenvalue weighted by atomic mass is 16.5. The van der Waals surface area contributed by atoms with Crippen LogP contribution in [0, 0.1) is 0 Å². The van der Waals surface area contributed by atoms with E-state index < -0.39 is 0 Å². The molecule has 0 radical (unpaired) electrons. The molecule has 3 nitrogen and oxygen atoms in total. The minimum absolute atomic E-state index is 0.516. The molecule has 0 aliphatic heterocycles. The van der Waals surface area contributed by atoms with Gasteiger partial charge in [0.05, 0.1) is 13.4 Å². The van der Waals surface area contributed by atoms with Crippen molar-refractivity contribution in [1.82, 2.24) is 5.32 Å². The molecule has 0 saturated heterocycles. The molecule has 2 rings (SSSR count). The highest BCUT2D eigenvalue weighted by Crippen LogP contribution is 2.29. The zero-order valence-electron chi connectivity index (χ0n) is 10.6. The van der Waals surface area contributed by atoms with Crippen molar-refractivity contribution >= 4 is 11.0 Å². The van der Waals surface area contributed by atoms with Crippen LogP contribution in [0.3, 0.4) is 0 Å². The fourth-order valence-electron chi connectivity index (χ4n) is 1.93. The van der Waals surface area contributed by atoms with E-state index in [9.17, 15) is 0 Å². The molecule has 1 N–H and O–H groups in total. The van der Waals surface area contributed by atoms with Crippen LogP contribution in [0.5, 0.6) is 5.75 Å². The summed E-state index contributed by atoms with van der Waals surface area (Å²) in [6, 6.07) is 6.51. The molecule has 17 heavy (non-hydrogen) atoms. The van der Waals surface area contributed by atoms with Crippen molar-refractivity contribution in [2.45, 2.75) is 26.3 Å². The van der Waals surface area contributed by atoms with Crippen LogP contribution in [-0.2, 0) is 6.42 Å². The Labute approximate surface area is 102 Å². The van der Waals surface area contributed by atoms with Gasteiger partial charge in [0.25, 0.3) is 0 Å². The molecular weight excluding hydrogens is 214 g/mol. The largest absolute Gasteiger partial charge is 0.493 e. The minimum atomic E-state index is 0.516. The number of ether oxygens (including phenoxy) is 1. The number of methoxy groups -OCH3 is 1. The average Bonchev–Trinajstić information content (AvgIpc) is 2.72. The Bertz CT molecular complexity index is 488. The number of rotatable bonds is 5. The summed E-state index contributed by atoms with van der Waals surface area (Å²) in [7, 11) is 1.66. The second-order valence-electron chi connectivity index (χ2n) is 4.46. The van der Waals surface area contributed by atoms with Gasteiger partial charge in [-0.15, -0.1) is 0 Å². The minimum Gasteiger partial charge on any atom is -0.493 e. The zero-order valence-corrected chi connectivity index (χ0v) is 10.6. The van der Waals surface area contributed by atoms with Gasteiger partial charge >= 0.3 is 0 Å². The van der Waals surface area contributed by atoms with E-state index in [0.29, 0.717) is 6.04 Å². The Balaban J connectivity index is 2.18. The summed E-state index contributed by atoms with van der Waals surface area (Å²) in [5, 5.41) is 4.55. The lowest BCUT2D eigenvalue weighted by Crippen LogP contribution is -2.24. The number of fused-ring (bicyclic) bond motifs is 1. The Morgan fingerprint density at radius 3 is 2.88 bits per heavy atom. The first kappa shape index (κ1) is 12.0. The quantitative estimate of drug-likeness (QED) is 0.862. The molecule has 3 heteroatoms. The van der Waals surface area contributed by atoms with Crippen LogP contribution in [0.15, 0.2) is 28.9 Å². The number of hydrogen-bond acceptors (Lipinski definition) is 3. The first-order valence-corrected chi connectivity index (χ1v) is 5.99. The average molecular weight is 233 g/mol. The molecule has 92 valence electrons. The van der Waals surface area contributed by atoms with Crippen LogP contribution < -0.4 is 10.1 Å². The monoisotopic (exact) mass is 233 g/mol. The van der Waals surface area contributed by atoms with Gasteiger partial charge in [-0.2, -0.15) is 0 Å². The van der Waals surface area contributed by atoms with Gasteiger partial charge in [0, 0.05) is 11.4 Å². The topological polar surface area (TPSA) is 34.4 Å². The van der Waals surface area contributed by atoms with E-state index in [1.165, 1.54) is 5.56 Å². The molecule has 0 spiro atoms. The third-order valence-electron chi connectivity index (χ3n) is 2.81. The van der Waals surface area contributed by atoms with E-state index in [2.05, 4.69) is 25.2 Å². The second-order valence-corrected chi connectivity index (χ2v) is 4.46. The molecule has 1 heterocycles. The van der Waals surface area contributed by atoms with Crippen LogP contribution >= 0.6 is 0 Å². The summed E-state index contributed by atoms with van der Waals surface area (Å²) in [5.74, 6) is 0.797. The fraction of sp³-hybridized carbons (Fsp3) is 0.429. The van der Waals surface area contributed by atoms with Crippen molar-refractivity contribution in [3.63, 3.8) is 0 Å². The van der Waals surface area contributed by atoms with Crippen molar-refractivity contribution in [2.75, 3.05) is 13.7 Å². The molecule has 1 aromatic carbocycles. The maximum atomic E-state index is 5.58. The predicted octanol–water partition coefficient (Wildman–Crippen LogP) is 2.98. The van der Waals surface area contributed by atoms with Crippen molar-refractivity contribution in [2.24, 2.45) is 0 Å². The third-order valence-corrected chi connectivity index (χ3v) is 2.81. The van der Waals surface area contributed by atoms with Crippen LogP contribution in [0.2, 0.25) is 0 Å². The summed E-state index contributed by atoms with van der Waals surface area (Å²) in [4.78, 5) is 0. The molecule has 0 aliphatic carbocycles. The number of benzene rings is 1. The van der Waals surface area contributed by atoms with Crippen LogP contribution in [0.1, 0.15) is 19.4 Å². The lowest BCUT2D eigenvalue weighted by atomic mass is 10.1. The maximum Gasteiger partial charge on any atom is 0.175 e. The Morgan fingerprint density at radius 1 is 1.35 bits per heavy atom. The van der Waals surface area contributed by atoms with Gasteiger partial charge in [0.1, 0.15) is 0 Å². The molecule has 0 bridgehead atoms. The number of furan rings is 1. The Kier molecular flexibility index (Phi) is 3.69. The molecule has 0 atom stereocenters. The van der Waals surface area contributed by atoms with Crippen LogP contribution in [-0.4, -0.2) is 19.7 Å². The Hall–Kier alpha value is -1.48. The SMILES string of the molecule is COc1cccc2c(CCNC(C)C)coc12. The molecule has 0 fully saturated rings. The number of para-hydroxylation sites is 1. The van der Waals surface area contributed by atoms with Gasteiger partial charge in [-0.05, 0) is 24.6 Å². The highest BCUT2D eigenvalue weighted by molar-refractivity contribution is 5.86. The van der Waals surface area contributed by atoms with Gasteiger partial charge in [-0.25, -0.2) is 0 Å². The van der Waals surface area contributed by atoms with E-state index in [1.54, 1.807) is 7.11 Å². The third kappa shape index (κ3) is 2.61. The summed E-state index contributed by atoms with van der Waals surface area (Å²) < 4.78 is 10.8. The zero-order chi connectivity index (χ0) is 12.3. The highest BCUT2D eigenvalue weighted by Gasteiger charge is 2.09. The van der Waals surface area contributed by atoms with E-state index in [-0.39, 0.29) is 0 Å². The fourth-order valence-corrected chi connectivity index (χ4v) is 1.93. The van der Waals surface area contributed by atoms with E-state index in [1.807, 2.05) is 18.4 Å². The maximum absolute atomic E-state index is 5.58. The van der Waals surface area contributed by atoms with Gasteiger partial charge < -0.3 is 14.5 Å². The summed E-state index contributed by atoms with van der Waals surface area (Å²) >= 11 is 0. The van der Waals surface area contributed by atoms with Gasteiger partial charge in [-0.3, -0.25) is 0 Å². The van der Waals surface area contributed by atoms with E-state index in [4.69, 9.17) is 9.15 Å². The molecular formula is C14H19NO2. The Morgan fingerprint density at radius 2 is 2.18 bits per heavy atom.